The molecule has 2 aliphatic rings. The van der Waals surface area contributed by atoms with E-state index in [9.17, 15) is 19.2 Å². The summed E-state index contributed by atoms with van der Waals surface area (Å²) in [6.45, 7) is 14.3. The second-order valence-electron chi connectivity index (χ2n) is 11.3. The van der Waals surface area contributed by atoms with Gasteiger partial charge in [-0.3, -0.25) is 9.59 Å². The van der Waals surface area contributed by atoms with Crippen LogP contribution < -0.4 is 0 Å². The first-order chi connectivity index (χ1) is 19.8. The molecule has 232 valence electrons. The topological polar surface area (TPSA) is 108 Å². The van der Waals surface area contributed by atoms with Crippen molar-refractivity contribution in [2.24, 2.45) is 29.6 Å². The maximum atomic E-state index is 13.2. The monoisotopic (exact) mass is 577 g/mol. The van der Waals surface area contributed by atoms with Crippen molar-refractivity contribution in [1.29, 1.82) is 0 Å². The van der Waals surface area contributed by atoms with Gasteiger partial charge in [-0.25, -0.2) is 9.59 Å². The lowest BCUT2D eigenvalue weighted by Gasteiger charge is -2.31. The maximum absolute atomic E-state index is 13.2. The van der Waals surface area contributed by atoms with E-state index in [0.29, 0.717) is 32.8 Å². The fraction of sp³-hybridized carbons (Fsp3) is 0.750. The van der Waals surface area contributed by atoms with Crippen molar-refractivity contribution in [3.05, 3.63) is 25.3 Å². The SMILES string of the molecule is C=CC(=O)OCC1CCCCC1COC(=O)CCC(CN(CC)CC)C(=O)OCC1CCCCC1COC(=O)C=C. The number of carbonyl (C=O) groups is 4. The molecule has 2 aliphatic carbocycles. The van der Waals surface area contributed by atoms with Crippen LogP contribution in [0.5, 0.6) is 0 Å². The van der Waals surface area contributed by atoms with Gasteiger partial charge in [0.2, 0.25) is 0 Å². The number of rotatable bonds is 18. The number of nitrogens with zero attached hydrogens (tertiary/aromatic N) is 1. The van der Waals surface area contributed by atoms with Crippen LogP contribution >= 0.6 is 0 Å². The van der Waals surface area contributed by atoms with Gasteiger partial charge in [0.25, 0.3) is 0 Å². The lowest BCUT2D eigenvalue weighted by Crippen LogP contribution is -2.36. The average Bonchev–Trinajstić information content (AvgIpc) is 3.00. The quantitative estimate of drug-likeness (QED) is 0.128. The van der Waals surface area contributed by atoms with Crippen LogP contribution in [-0.2, 0) is 38.1 Å². The molecule has 0 heterocycles. The van der Waals surface area contributed by atoms with Gasteiger partial charge >= 0.3 is 23.9 Å². The van der Waals surface area contributed by atoms with E-state index in [1.807, 2.05) is 13.8 Å². The van der Waals surface area contributed by atoms with E-state index in [-0.39, 0.29) is 48.6 Å². The van der Waals surface area contributed by atoms with Crippen molar-refractivity contribution in [3.8, 4) is 0 Å². The van der Waals surface area contributed by atoms with Gasteiger partial charge in [-0.05, 0) is 68.9 Å². The number of hydrogen-bond donors (Lipinski definition) is 0. The molecule has 0 bridgehead atoms. The summed E-state index contributed by atoms with van der Waals surface area (Å²) >= 11 is 0. The highest BCUT2D eigenvalue weighted by molar-refractivity contribution is 5.81. The van der Waals surface area contributed by atoms with E-state index in [0.717, 1.165) is 76.6 Å². The Labute approximate surface area is 246 Å². The molecule has 0 amide bonds. The molecule has 0 aromatic heterocycles. The van der Waals surface area contributed by atoms with E-state index >= 15 is 0 Å². The molecule has 2 fully saturated rings. The van der Waals surface area contributed by atoms with Gasteiger partial charge in [-0.1, -0.05) is 52.7 Å². The second-order valence-corrected chi connectivity index (χ2v) is 11.3. The molecule has 2 rings (SSSR count). The van der Waals surface area contributed by atoms with E-state index in [1.165, 1.54) is 0 Å². The normalized spacial score (nSPS) is 23.2. The van der Waals surface area contributed by atoms with Crippen molar-refractivity contribution in [3.63, 3.8) is 0 Å². The Morgan fingerprint density at radius 3 is 1.54 bits per heavy atom. The molecule has 0 aromatic carbocycles. The summed E-state index contributed by atoms with van der Waals surface area (Å²) in [7, 11) is 0. The first kappa shape index (κ1) is 34.5. The number of ether oxygens (including phenoxy) is 4. The van der Waals surface area contributed by atoms with Gasteiger partial charge < -0.3 is 23.8 Å². The van der Waals surface area contributed by atoms with Crippen LogP contribution in [0.25, 0.3) is 0 Å². The third-order valence-corrected chi connectivity index (χ3v) is 8.65. The van der Waals surface area contributed by atoms with E-state index < -0.39 is 17.9 Å². The molecule has 0 aliphatic heterocycles. The standard InChI is InChI=1S/C32H51NO8/c1-5-29(34)38-20-25-13-9-10-15-27(25)22-40-31(36)18-17-24(19-33(7-3)8-4)32(37)41-23-28-16-12-11-14-26(28)21-39-30(35)6-2/h5-6,24-28H,1-2,7-23H2,3-4H3. The van der Waals surface area contributed by atoms with Crippen LogP contribution in [0.2, 0.25) is 0 Å². The smallest absolute Gasteiger partial charge is 0.330 e. The molecule has 0 N–H and O–H groups in total. The Bertz CT molecular complexity index is 855. The summed E-state index contributed by atoms with van der Waals surface area (Å²) in [4.78, 5) is 51.1. The summed E-state index contributed by atoms with van der Waals surface area (Å²) in [5.74, 6) is -1.34. The van der Waals surface area contributed by atoms with Gasteiger partial charge in [-0.15, -0.1) is 0 Å². The highest BCUT2D eigenvalue weighted by Gasteiger charge is 2.31. The second kappa shape index (κ2) is 19.4. The molecular weight excluding hydrogens is 526 g/mol. The molecule has 2 saturated carbocycles. The van der Waals surface area contributed by atoms with Crippen LogP contribution in [0.3, 0.4) is 0 Å². The highest BCUT2D eigenvalue weighted by Crippen LogP contribution is 2.32. The summed E-state index contributed by atoms with van der Waals surface area (Å²) in [6.07, 6.45) is 10.8. The molecule has 0 radical (unpaired) electrons. The van der Waals surface area contributed by atoms with E-state index in [1.54, 1.807) is 0 Å². The lowest BCUT2D eigenvalue weighted by molar-refractivity contribution is -0.154. The fourth-order valence-electron chi connectivity index (χ4n) is 5.89. The molecule has 9 heteroatoms. The van der Waals surface area contributed by atoms with Gasteiger partial charge in [0.05, 0.1) is 32.3 Å². The summed E-state index contributed by atoms with van der Waals surface area (Å²) in [6, 6.07) is 0. The van der Waals surface area contributed by atoms with Crippen molar-refractivity contribution in [1.82, 2.24) is 4.90 Å². The summed E-state index contributed by atoms with van der Waals surface area (Å²) in [5, 5.41) is 0. The van der Waals surface area contributed by atoms with Crippen molar-refractivity contribution in [2.45, 2.75) is 78.1 Å². The number of esters is 4. The molecule has 0 saturated heterocycles. The van der Waals surface area contributed by atoms with Crippen LogP contribution in [0.4, 0.5) is 0 Å². The third-order valence-electron chi connectivity index (χ3n) is 8.65. The first-order valence-corrected chi connectivity index (χ1v) is 15.4. The van der Waals surface area contributed by atoms with E-state index in [2.05, 4.69) is 18.1 Å². The molecular formula is C32H51NO8. The molecule has 5 unspecified atom stereocenters. The minimum Gasteiger partial charge on any atom is -0.465 e. The molecule has 0 spiro atoms. The minimum absolute atomic E-state index is 0.132. The number of hydrogen-bond acceptors (Lipinski definition) is 9. The van der Waals surface area contributed by atoms with Gasteiger partial charge in [0.15, 0.2) is 0 Å². The predicted octanol–water partition coefficient (Wildman–Crippen LogP) is 4.88. The highest BCUT2D eigenvalue weighted by atomic mass is 16.5. The molecule has 9 nitrogen and oxygen atoms in total. The zero-order valence-electron chi connectivity index (χ0n) is 25.2. The third kappa shape index (κ3) is 12.8. The van der Waals surface area contributed by atoms with Crippen molar-refractivity contribution >= 4 is 23.9 Å². The molecule has 0 aromatic rings. The Balaban J connectivity index is 1.88. The molecule has 41 heavy (non-hydrogen) atoms. The Morgan fingerprint density at radius 1 is 0.707 bits per heavy atom. The predicted molar refractivity (Wildman–Crippen MR) is 156 cm³/mol. The molecule has 5 atom stereocenters. The Morgan fingerprint density at radius 2 is 1.12 bits per heavy atom. The average molecular weight is 578 g/mol. The zero-order valence-corrected chi connectivity index (χ0v) is 25.2. The largest absolute Gasteiger partial charge is 0.465 e. The minimum atomic E-state index is -0.441. The zero-order chi connectivity index (χ0) is 30.0. The van der Waals surface area contributed by atoms with Gasteiger partial charge in [0, 0.05) is 25.1 Å². The van der Waals surface area contributed by atoms with Crippen LogP contribution in [0.1, 0.15) is 78.1 Å². The maximum Gasteiger partial charge on any atom is 0.330 e. The van der Waals surface area contributed by atoms with Gasteiger partial charge in [0.1, 0.15) is 0 Å². The van der Waals surface area contributed by atoms with Crippen LogP contribution in [0, 0.1) is 29.6 Å². The first-order valence-electron chi connectivity index (χ1n) is 15.4. The summed E-state index contributed by atoms with van der Waals surface area (Å²) in [5.41, 5.74) is 0. The Hall–Kier alpha value is -2.68. The van der Waals surface area contributed by atoms with Crippen molar-refractivity contribution in [2.75, 3.05) is 46.1 Å². The Kier molecular flexibility index (Phi) is 16.4. The van der Waals surface area contributed by atoms with E-state index in [4.69, 9.17) is 18.9 Å². The van der Waals surface area contributed by atoms with Crippen LogP contribution in [0.15, 0.2) is 25.3 Å². The number of carbonyl (C=O) groups excluding carboxylic acids is 4. The lowest BCUT2D eigenvalue weighted by atomic mass is 9.80. The van der Waals surface area contributed by atoms with Gasteiger partial charge in [-0.2, -0.15) is 0 Å². The van der Waals surface area contributed by atoms with Crippen molar-refractivity contribution < 1.29 is 38.1 Å². The van der Waals surface area contributed by atoms with Crippen LogP contribution in [-0.4, -0.2) is 74.8 Å². The summed E-state index contributed by atoms with van der Waals surface area (Å²) < 4.78 is 22.0. The fourth-order valence-corrected chi connectivity index (χ4v) is 5.89.